The van der Waals surface area contributed by atoms with E-state index >= 15 is 0 Å². The lowest BCUT2D eigenvalue weighted by Crippen LogP contribution is -2.48. The van der Waals surface area contributed by atoms with Crippen LogP contribution in [0.2, 0.25) is 0 Å². The predicted molar refractivity (Wildman–Crippen MR) is 144 cm³/mol. The highest BCUT2D eigenvalue weighted by Crippen LogP contribution is 2.34. The SMILES string of the molecule is O=C(c1ccc(C=C2SC(=O)N(Cc3cccc(F)c3)C2=O)cc1)N1CCN(c2cccc(C(F)(F)F)c2)CC1. The van der Waals surface area contributed by atoms with Gasteiger partial charge in [0.25, 0.3) is 17.1 Å². The van der Waals surface area contributed by atoms with Gasteiger partial charge >= 0.3 is 6.18 Å². The van der Waals surface area contributed by atoms with E-state index in [1.165, 1.54) is 24.3 Å². The van der Waals surface area contributed by atoms with Gasteiger partial charge < -0.3 is 9.80 Å². The maximum atomic E-state index is 13.5. The fourth-order valence-corrected chi connectivity index (χ4v) is 5.40. The fraction of sp³-hybridized carbons (Fsp3) is 0.207. The number of anilines is 1. The Kier molecular flexibility index (Phi) is 7.66. The summed E-state index contributed by atoms with van der Waals surface area (Å²) in [6.07, 6.45) is -2.85. The van der Waals surface area contributed by atoms with Crippen LogP contribution in [0, 0.1) is 5.82 Å². The number of thioether (sulfide) groups is 1. The number of rotatable bonds is 5. The highest BCUT2D eigenvalue weighted by Gasteiger charge is 2.35. The highest BCUT2D eigenvalue weighted by atomic mass is 32.2. The zero-order chi connectivity index (χ0) is 28.4. The summed E-state index contributed by atoms with van der Waals surface area (Å²) in [6.45, 7) is 1.48. The smallest absolute Gasteiger partial charge is 0.368 e. The van der Waals surface area contributed by atoms with Crippen molar-refractivity contribution in [2.45, 2.75) is 12.7 Å². The van der Waals surface area contributed by atoms with Gasteiger partial charge in [-0.25, -0.2) is 4.39 Å². The van der Waals surface area contributed by atoms with Crippen molar-refractivity contribution in [3.05, 3.63) is 106 Å². The molecule has 0 N–H and O–H groups in total. The van der Waals surface area contributed by atoms with E-state index in [0.29, 0.717) is 48.6 Å². The zero-order valence-electron chi connectivity index (χ0n) is 21.0. The first-order valence-electron chi connectivity index (χ1n) is 12.4. The van der Waals surface area contributed by atoms with Crippen molar-refractivity contribution in [3.63, 3.8) is 0 Å². The molecule has 0 saturated carbocycles. The zero-order valence-corrected chi connectivity index (χ0v) is 21.8. The molecular formula is C29H23F4N3O3S. The molecule has 5 rings (SSSR count). The molecule has 2 aliphatic rings. The predicted octanol–water partition coefficient (Wildman–Crippen LogP) is 6.04. The molecule has 0 unspecified atom stereocenters. The molecule has 3 aromatic carbocycles. The van der Waals surface area contributed by atoms with Gasteiger partial charge in [-0.15, -0.1) is 0 Å². The molecule has 0 aliphatic carbocycles. The third kappa shape index (κ3) is 6.04. The molecule has 3 aromatic rings. The lowest BCUT2D eigenvalue weighted by atomic mass is 10.1. The Balaban J connectivity index is 1.20. The average molecular weight is 570 g/mol. The van der Waals surface area contributed by atoms with Crippen molar-refractivity contribution in [3.8, 4) is 0 Å². The third-order valence-corrected chi connectivity index (χ3v) is 7.57. The number of alkyl halides is 3. The van der Waals surface area contributed by atoms with Crippen molar-refractivity contribution in [1.29, 1.82) is 0 Å². The highest BCUT2D eigenvalue weighted by molar-refractivity contribution is 8.18. The number of piperazine rings is 1. The fourth-order valence-electron chi connectivity index (χ4n) is 4.56. The maximum absolute atomic E-state index is 13.5. The van der Waals surface area contributed by atoms with E-state index in [1.807, 2.05) is 4.90 Å². The summed E-state index contributed by atoms with van der Waals surface area (Å²) in [5.41, 5.74) is 1.32. The van der Waals surface area contributed by atoms with Gasteiger partial charge in [-0.2, -0.15) is 13.2 Å². The second-order valence-electron chi connectivity index (χ2n) is 9.35. The van der Waals surface area contributed by atoms with Gasteiger partial charge in [0.1, 0.15) is 5.82 Å². The van der Waals surface area contributed by atoms with Crippen LogP contribution >= 0.6 is 11.8 Å². The quantitative estimate of drug-likeness (QED) is 0.277. The minimum Gasteiger partial charge on any atom is -0.368 e. The van der Waals surface area contributed by atoms with Gasteiger partial charge in [0.15, 0.2) is 0 Å². The van der Waals surface area contributed by atoms with E-state index in [0.717, 1.165) is 28.8 Å². The number of carbonyl (C=O) groups excluding carboxylic acids is 3. The molecule has 40 heavy (non-hydrogen) atoms. The molecule has 0 aromatic heterocycles. The number of benzene rings is 3. The molecule has 0 bridgehead atoms. The molecule has 2 heterocycles. The van der Waals surface area contributed by atoms with Crippen molar-refractivity contribution in [2.75, 3.05) is 31.1 Å². The van der Waals surface area contributed by atoms with Gasteiger partial charge in [-0.3, -0.25) is 19.3 Å². The average Bonchev–Trinajstić information content (AvgIpc) is 3.20. The number of amides is 3. The summed E-state index contributed by atoms with van der Waals surface area (Å²) in [5, 5.41) is -0.448. The molecule has 2 saturated heterocycles. The number of hydrogen-bond donors (Lipinski definition) is 0. The van der Waals surface area contributed by atoms with Crippen LogP contribution in [0.25, 0.3) is 6.08 Å². The minimum absolute atomic E-state index is 0.0335. The Bertz CT molecular complexity index is 1480. The molecule has 0 spiro atoms. The summed E-state index contributed by atoms with van der Waals surface area (Å²) < 4.78 is 52.6. The van der Waals surface area contributed by atoms with E-state index < -0.39 is 28.7 Å². The second-order valence-corrected chi connectivity index (χ2v) is 10.3. The van der Waals surface area contributed by atoms with Crippen LogP contribution in [0.15, 0.2) is 77.7 Å². The summed E-state index contributed by atoms with van der Waals surface area (Å²) in [6, 6.07) is 17.5. The van der Waals surface area contributed by atoms with Crippen molar-refractivity contribution in [1.82, 2.24) is 9.80 Å². The molecule has 3 amide bonds. The van der Waals surface area contributed by atoms with Crippen molar-refractivity contribution >= 4 is 40.6 Å². The second kappa shape index (κ2) is 11.2. The Morgan fingerprint density at radius 1 is 0.900 bits per heavy atom. The van der Waals surface area contributed by atoms with E-state index in [2.05, 4.69) is 0 Å². The molecule has 2 aliphatic heterocycles. The molecule has 0 radical (unpaired) electrons. The monoisotopic (exact) mass is 569 g/mol. The summed E-state index contributed by atoms with van der Waals surface area (Å²) in [5.74, 6) is -1.13. The summed E-state index contributed by atoms with van der Waals surface area (Å²) >= 11 is 0.796. The topological polar surface area (TPSA) is 60.9 Å². The van der Waals surface area contributed by atoms with Gasteiger partial charge in [-0.1, -0.05) is 30.3 Å². The van der Waals surface area contributed by atoms with Crippen molar-refractivity contribution < 1.29 is 31.9 Å². The Morgan fingerprint density at radius 3 is 2.27 bits per heavy atom. The first-order chi connectivity index (χ1) is 19.1. The summed E-state index contributed by atoms with van der Waals surface area (Å²) in [4.78, 5) is 43.0. The van der Waals surface area contributed by atoms with E-state index in [-0.39, 0.29) is 17.4 Å². The lowest BCUT2D eigenvalue weighted by Gasteiger charge is -2.36. The molecule has 2 fully saturated rings. The first kappa shape index (κ1) is 27.4. The van der Waals surface area contributed by atoms with Crippen LogP contribution in [-0.2, 0) is 17.5 Å². The molecular weight excluding hydrogens is 546 g/mol. The van der Waals surface area contributed by atoms with Gasteiger partial charge in [0.05, 0.1) is 17.0 Å². The van der Waals surface area contributed by atoms with Crippen LogP contribution in [-0.4, -0.2) is 53.0 Å². The maximum Gasteiger partial charge on any atom is 0.416 e. The van der Waals surface area contributed by atoms with Crippen LogP contribution in [0.5, 0.6) is 0 Å². The van der Waals surface area contributed by atoms with Gasteiger partial charge in [-0.05, 0) is 71.4 Å². The number of nitrogens with zero attached hydrogens (tertiary/aromatic N) is 3. The Hall–Kier alpha value is -4.12. The molecule has 6 nitrogen and oxygen atoms in total. The van der Waals surface area contributed by atoms with Crippen molar-refractivity contribution in [2.24, 2.45) is 0 Å². The first-order valence-corrected chi connectivity index (χ1v) is 13.2. The summed E-state index contributed by atoms with van der Waals surface area (Å²) in [7, 11) is 0. The molecule has 11 heteroatoms. The number of halogens is 4. The Labute approximate surface area is 231 Å². The van der Waals surface area contributed by atoms with Crippen LogP contribution in [0.3, 0.4) is 0 Å². The van der Waals surface area contributed by atoms with Crippen LogP contribution in [0.4, 0.5) is 28.0 Å². The normalized spacial score (nSPS) is 17.2. The van der Waals surface area contributed by atoms with E-state index in [4.69, 9.17) is 0 Å². The van der Waals surface area contributed by atoms with E-state index in [9.17, 15) is 31.9 Å². The minimum atomic E-state index is -4.42. The van der Waals surface area contributed by atoms with Gasteiger partial charge in [0.2, 0.25) is 0 Å². The van der Waals surface area contributed by atoms with Gasteiger partial charge in [0, 0.05) is 37.4 Å². The van der Waals surface area contributed by atoms with Crippen LogP contribution < -0.4 is 4.90 Å². The molecule has 0 atom stereocenters. The number of imide groups is 1. The van der Waals surface area contributed by atoms with E-state index in [1.54, 1.807) is 47.4 Å². The standard InChI is InChI=1S/C29H23F4N3O3S/c30-23-5-1-3-20(15-23)18-36-27(38)25(40-28(36)39)16-19-7-9-21(10-8-19)26(37)35-13-11-34(12-14-35)24-6-2-4-22(17-24)29(31,32)33/h1-10,15-17H,11-14,18H2. The number of carbonyl (C=O) groups is 3. The third-order valence-electron chi connectivity index (χ3n) is 6.66. The van der Waals surface area contributed by atoms with Crippen LogP contribution in [0.1, 0.15) is 27.0 Å². The largest absolute Gasteiger partial charge is 0.416 e. The number of hydrogen-bond acceptors (Lipinski definition) is 5. The lowest BCUT2D eigenvalue weighted by molar-refractivity contribution is -0.137. The Morgan fingerprint density at radius 2 is 1.60 bits per heavy atom. The molecule has 206 valence electrons.